The third kappa shape index (κ3) is 4.56. The van der Waals surface area contributed by atoms with Crippen molar-refractivity contribution in [3.05, 3.63) is 95.5 Å². The molecular weight excluding hydrogens is 448 g/mol. The summed E-state index contributed by atoms with van der Waals surface area (Å²) < 4.78 is 5.92. The number of hydrogen-bond acceptors (Lipinski definition) is 5. The van der Waals surface area contributed by atoms with E-state index in [9.17, 15) is 14.7 Å². The number of ether oxygens (including phenoxy) is 1. The van der Waals surface area contributed by atoms with Gasteiger partial charge in [-0.3, -0.25) is 9.59 Å². The summed E-state index contributed by atoms with van der Waals surface area (Å²) >= 11 is 1.55. The highest BCUT2D eigenvalue weighted by Gasteiger charge is 2.36. The van der Waals surface area contributed by atoms with Gasteiger partial charge in [-0.05, 0) is 42.3 Å². The van der Waals surface area contributed by atoms with E-state index < -0.39 is 11.9 Å². The number of benzene rings is 3. The molecule has 5 rings (SSSR count). The minimum Gasteiger partial charge on any atom is -0.481 e. The number of nitrogens with zero attached hydrogens (tertiary/aromatic N) is 2. The Morgan fingerprint density at radius 2 is 1.76 bits per heavy atom. The Hall–Kier alpha value is -3.97. The van der Waals surface area contributed by atoms with Gasteiger partial charge in [-0.2, -0.15) is 0 Å². The van der Waals surface area contributed by atoms with Crippen LogP contribution in [0.2, 0.25) is 0 Å². The normalized spacial score (nSPS) is 14.6. The molecule has 0 aliphatic carbocycles. The van der Waals surface area contributed by atoms with Crippen molar-refractivity contribution >= 4 is 28.9 Å². The van der Waals surface area contributed by atoms with Gasteiger partial charge in [0, 0.05) is 35.3 Å². The first-order valence-electron chi connectivity index (χ1n) is 11.0. The SMILES string of the molecule is O=C(O)C1CN(C(=O)CCc2cnc(-c3cccc(Oc4ccccc4)c3)s2)c2ccccc21. The molecule has 1 aromatic heterocycles. The van der Waals surface area contributed by atoms with E-state index in [2.05, 4.69) is 4.98 Å². The van der Waals surface area contributed by atoms with Gasteiger partial charge in [-0.25, -0.2) is 4.98 Å². The monoisotopic (exact) mass is 470 g/mol. The summed E-state index contributed by atoms with van der Waals surface area (Å²) in [6.45, 7) is 0.176. The molecule has 2 heterocycles. The first kappa shape index (κ1) is 21.9. The van der Waals surface area contributed by atoms with Crippen molar-refractivity contribution in [3.63, 3.8) is 0 Å². The Bertz CT molecular complexity index is 1340. The maximum Gasteiger partial charge on any atom is 0.312 e. The number of carboxylic acid groups (broad SMARTS) is 1. The predicted octanol–water partition coefficient (Wildman–Crippen LogP) is 5.75. The number of rotatable bonds is 7. The molecule has 0 spiro atoms. The van der Waals surface area contributed by atoms with E-state index in [0.29, 0.717) is 24.1 Å². The van der Waals surface area contributed by atoms with Crippen molar-refractivity contribution in [2.24, 2.45) is 0 Å². The number of carbonyl (C=O) groups excluding carboxylic acids is 1. The number of thiazole rings is 1. The van der Waals surface area contributed by atoms with E-state index in [1.807, 2.05) is 72.8 Å². The third-order valence-electron chi connectivity index (χ3n) is 5.77. The summed E-state index contributed by atoms with van der Waals surface area (Å²) in [6, 6.07) is 24.6. The second-order valence-electron chi connectivity index (χ2n) is 8.03. The number of para-hydroxylation sites is 2. The summed E-state index contributed by atoms with van der Waals surface area (Å²) in [5.74, 6) is -0.166. The molecule has 1 amide bonds. The first-order chi connectivity index (χ1) is 16.6. The van der Waals surface area contributed by atoms with Crippen LogP contribution >= 0.6 is 11.3 Å². The lowest BCUT2D eigenvalue weighted by Gasteiger charge is -2.17. The van der Waals surface area contributed by atoms with Gasteiger partial charge in [0.1, 0.15) is 22.4 Å². The molecule has 1 atom stereocenters. The van der Waals surface area contributed by atoms with Crippen LogP contribution < -0.4 is 9.64 Å². The molecule has 0 bridgehead atoms. The highest BCUT2D eigenvalue weighted by atomic mass is 32.1. The van der Waals surface area contributed by atoms with Crippen LogP contribution in [-0.2, 0) is 16.0 Å². The minimum absolute atomic E-state index is 0.0793. The lowest BCUT2D eigenvalue weighted by molar-refractivity contribution is -0.138. The number of fused-ring (bicyclic) bond motifs is 1. The van der Waals surface area contributed by atoms with Crippen LogP contribution in [0, 0.1) is 0 Å². The summed E-state index contributed by atoms with van der Waals surface area (Å²) in [7, 11) is 0. The van der Waals surface area contributed by atoms with Crippen LogP contribution in [0.25, 0.3) is 10.6 Å². The van der Waals surface area contributed by atoms with Crippen molar-refractivity contribution in [3.8, 4) is 22.1 Å². The average Bonchev–Trinajstić information content (AvgIpc) is 3.49. The van der Waals surface area contributed by atoms with Crippen LogP contribution in [0.4, 0.5) is 5.69 Å². The van der Waals surface area contributed by atoms with E-state index in [0.717, 1.165) is 26.9 Å². The van der Waals surface area contributed by atoms with Gasteiger partial charge in [0.25, 0.3) is 0 Å². The van der Waals surface area contributed by atoms with Gasteiger partial charge >= 0.3 is 5.97 Å². The highest BCUT2D eigenvalue weighted by molar-refractivity contribution is 7.15. The number of aromatic nitrogens is 1. The molecule has 6 nitrogen and oxygen atoms in total. The fourth-order valence-electron chi connectivity index (χ4n) is 4.09. The predicted molar refractivity (Wildman–Crippen MR) is 132 cm³/mol. The Morgan fingerprint density at radius 3 is 2.59 bits per heavy atom. The fourth-order valence-corrected chi connectivity index (χ4v) is 5.00. The van der Waals surface area contributed by atoms with Crippen LogP contribution in [0.15, 0.2) is 85.1 Å². The lowest BCUT2D eigenvalue weighted by Crippen LogP contribution is -2.31. The second kappa shape index (κ2) is 9.49. The molecular formula is C27H22N2O4S. The molecule has 170 valence electrons. The second-order valence-corrected chi connectivity index (χ2v) is 9.14. The van der Waals surface area contributed by atoms with Crippen molar-refractivity contribution in [1.29, 1.82) is 0 Å². The van der Waals surface area contributed by atoms with Gasteiger partial charge in [-0.15, -0.1) is 11.3 Å². The average molecular weight is 471 g/mol. The molecule has 1 aliphatic rings. The van der Waals surface area contributed by atoms with Crippen LogP contribution in [0.5, 0.6) is 11.5 Å². The maximum absolute atomic E-state index is 12.9. The molecule has 1 N–H and O–H groups in total. The highest BCUT2D eigenvalue weighted by Crippen LogP contribution is 2.37. The molecule has 1 unspecified atom stereocenters. The Labute approximate surface area is 201 Å². The lowest BCUT2D eigenvalue weighted by atomic mass is 10.0. The van der Waals surface area contributed by atoms with Gasteiger partial charge in [-0.1, -0.05) is 48.5 Å². The minimum atomic E-state index is -0.909. The Morgan fingerprint density at radius 1 is 1.00 bits per heavy atom. The fraction of sp³-hybridized carbons (Fsp3) is 0.148. The number of anilines is 1. The van der Waals surface area contributed by atoms with Gasteiger partial charge in [0.05, 0.1) is 0 Å². The standard InChI is InChI=1S/C27H22N2O4S/c30-25(29-17-23(27(31)32)22-11-4-5-12-24(22)29)14-13-21-16-28-26(34-21)18-7-6-10-20(15-18)33-19-8-2-1-3-9-19/h1-12,15-16,23H,13-14,17H2,(H,31,32). The Kier molecular flexibility index (Phi) is 6.10. The zero-order valence-electron chi connectivity index (χ0n) is 18.3. The Balaban J connectivity index is 1.25. The molecule has 1 aliphatic heterocycles. The number of aryl methyl sites for hydroxylation is 1. The van der Waals surface area contributed by atoms with E-state index in [1.54, 1.807) is 28.5 Å². The molecule has 7 heteroatoms. The molecule has 0 radical (unpaired) electrons. The van der Waals surface area contributed by atoms with E-state index in [4.69, 9.17) is 4.74 Å². The molecule has 3 aromatic carbocycles. The molecule has 0 fully saturated rings. The summed E-state index contributed by atoms with van der Waals surface area (Å²) in [5.41, 5.74) is 2.34. The van der Waals surface area contributed by atoms with E-state index in [-0.39, 0.29) is 12.5 Å². The van der Waals surface area contributed by atoms with Crippen LogP contribution in [0.1, 0.15) is 22.8 Å². The van der Waals surface area contributed by atoms with Crippen molar-refractivity contribution in [2.45, 2.75) is 18.8 Å². The van der Waals surface area contributed by atoms with Crippen molar-refractivity contribution in [1.82, 2.24) is 4.98 Å². The largest absolute Gasteiger partial charge is 0.481 e. The number of aliphatic carboxylic acids is 1. The van der Waals surface area contributed by atoms with E-state index >= 15 is 0 Å². The zero-order valence-corrected chi connectivity index (χ0v) is 19.1. The maximum atomic E-state index is 12.9. The number of amides is 1. The van der Waals surface area contributed by atoms with E-state index in [1.165, 1.54) is 0 Å². The summed E-state index contributed by atoms with van der Waals surface area (Å²) in [5, 5.41) is 10.4. The van der Waals surface area contributed by atoms with Gasteiger partial charge in [0.2, 0.25) is 5.91 Å². The topological polar surface area (TPSA) is 79.7 Å². The quantitative estimate of drug-likeness (QED) is 0.372. The zero-order chi connectivity index (χ0) is 23.5. The summed E-state index contributed by atoms with van der Waals surface area (Å²) in [6.07, 6.45) is 2.64. The molecule has 34 heavy (non-hydrogen) atoms. The third-order valence-corrected chi connectivity index (χ3v) is 6.87. The molecule has 4 aromatic rings. The van der Waals surface area contributed by atoms with Gasteiger partial charge < -0.3 is 14.7 Å². The number of carbonyl (C=O) groups is 2. The first-order valence-corrected chi connectivity index (χ1v) is 11.8. The summed E-state index contributed by atoms with van der Waals surface area (Å²) in [4.78, 5) is 31.7. The number of hydrogen-bond donors (Lipinski definition) is 1. The van der Waals surface area contributed by atoms with Crippen LogP contribution in [-0.4, -0.2) is 28.5 Å². The van der Waals surface area contributed by atoms with Crippen molar-refractivity contribution < 1.29 is 19.4 Å². The van der Waals surface area contributed by atoms with Gasteiger partial charge in [0.15, 0.2) is 0 Å². The number of carboxylic acids is 1. The van der Waals surface area contributed by atoms with Crippen molar-refractivity contribution in [2.75, 3.05) is 11.4 Å². The smallest absolute Gasteiger partial charge is 0.312 e. The van der Waals surface area contributed by atoms with Crippen LogP contribution in [0.3, 0.4) is 0 Å². The molecule has 0 saturated carbocycles. The molecule has 0 saturated heterocycles.